The van der Waals surface area contributed by atoms with Gasteiger partial charge in [-0.2, -0.15) is 0 Å². The van der Waals surface area contributed by atoms with E-state index in [1.807, 2.05) is 0 Å². The highest BCUT2D eigenvalue weighted by molar-refractivity contribution is 4.96. The van der Waals surface area contributed by atoms with Gasteiger partial charge in [0, 0.05) is 0 Å². The Labute approximate surface area is 46.9 Å². The van der Waals surface area contributed by atoms with E-state index >= 15 is 0 Å². The van der Waals surface area contributed by atoms with E-state index in [0.717, 1.165) is 0 Å². The molecular formula is C7H14. The lowest BCUT2D eigenvalue weighted by atomic mass is 9.84. The SMILES string of the molecule is [CH2]C(C)(C)[C](C)C. The minimum atomic E-state index is 0.167. The number of rotatable bonds is 1. The van der Waals surface area contributed by atoms with Crippen molar-refractivity contribution in [3.63, 3.8) is 0 Å². The first-order chi connectivity index (χ1) is 2.94. The Morgan fingerprint density at radius 1 is 1.29 bits per heavy atom. The van der Waals surface area contributed by atoms with Crippen LogP contribution in [0.2, 0.25) is 0 Å². The van der Waals surface area contributed by atoms with Crippen LogP contribution in [0.15, 0.2) is 0 Å². The van der Waals surface area contributed by atoms with Crippen LogP contribution in [0.3, 0.4) is 0 Å². The summed E-state index contributed by atoms with van der Waals surface area (Å²) in [5, 5.41) is 0. The summed E-state index contributed by atoms with van der Waals surface area (Å²) in [5.74, 6) is 1.38. The summed E-state index contributed by atoms with van der Waals surface area (Å²) in [4.78, 5) is 0. The molecule has 0 aromatic carbocycles. The van der Waals surface area contributed by atoms with Gasteiger partial charge >= 0.3 is 0 Å². The van der Waals surface area contributed by atoms with Crippen LogP contribution >= 0.6 is 0 Å². The Bertz CT molecular complexity index is 45.5. The fourth-order valence-corrected chi connectivity index (χ4v) is 0. The van der Waals surface area contributed by atoms with Gasteiger partial charge in [0.2, 0.25) is 0 Å². The normalized spacial score (nSPS) is 12.9. The lowest BCUT2D eigenvalue weighted by molar-refractivity contribution is 0.500. The van der Waals surface area contributed by atoms with E-state index in [0.29, 0.717) is 0 Å². The zero-order valence-corrected chi connectivity index (χ0v) is 5.71. The molecule has 0 spiro atoms. The Kier molecular flexibility index (Phi) is 1.85. The molecule has 0 aliphatic heterocycles. The number of hydrogen-bond donors (Lipinski definition) is 0. The first-order valence-corrected chi connectivity index (χ1v) is 2.60. The second kappa shape index (κ2) is 1.85. The Hall–Kier alpha value is 0. The minimum absolute atomic E-state index is 0.167. The smallest absolute Gasteiger partial charge is 0.0247 e. The van der Waals surface area contributed by atoms with Crippen molar-refractivity contribution in [2.75, 3.05) is 0 Å². The van der Waals surface area contributed by atoms with E-state index in [4.69, 9.17) is 0 Å². The van der Waals surface area contributed by atoms with Crippen LogP contribution in [0.4, 0.5) is 0 Å². The van der Waals surface area contributed by atoms with Crippen molar-refractivity contribution in [1.82, 2.24) is 0 Å². The standard InChI is InChI=1S/C7H14/c1-6(2)7(3,4)5/h3H2,1-2,4-5H3. The third kappa shape index (κ3) is 2.67. The zero-order chi connectivity index (χ0) is 6.08. The molecule has 0 N–H and O–H groups in total. The van der Waals surface area contributed by atoms with E-state index in [1.54, 1.807) is 0 Å². The molecule has 0 nitrogen and oxygen atoms in total. The van der Waals surface area contributed by atoms with Crippen LogP contribution in [0.25, 0.3) is 0 Å². The molecule has 0 bridgehead atoms. The Morgan fingerprint density at radius 2 is 1.43 bits per heavy atom. The van der Waals surface area contributed by atoms with Gasteiger partial charge in [-0.15, -0.1) is 0 Å². The van der Waals surface area contributed by atoms with E-state index in [2.05, 4.69) is 34.6 Å². The van der Waals surface area contributed by atoms with Gasteiger partial charge in [-0.3, -0.25) is 0 Å². The van der Waals surface area contributed by atoms with Crippen molar-refractivity contribution in [3.8, 4) is 0 Å². The molecule has 0 heterocycles. The van der Waals surface area contributed by atoms with Crippen LogP contribution in [-0.4, -0.2) is 0 Å². The molecule has 2 radical (unpaired) electrons. The fraction of sp³-hybridized carbons (Fsp3) is 0.714. The second-order valence-corrected chi connectivity index (χ2v) is 2.88. The molecule has 0 aromatic rings. The fourth-order valence-electron chi connectivity index (χ4n) is 0. The molecule has 0 rings (SSSR count). The van der Waals surface area contributed by atoms with E-state index in [-0.39, 0.29) is 5.41 Å². The molecule has 0 atom stereocenters. The van der Waals surface area contributed by atoms with Crippen molar-refractivity contribution < 1.29 is 0 Å². The van der Waals surface area contributed by atoms with Gasteiger partial charge in [-0.05, 0) is 18.3 Å². The molecule has 0 saturated heterocycles. The van der Waals surface area contributed by atoms with Crippen LogP contribution in [-0.2, 0) is 0 Å². The van der Waals surface area contributed by atoms with Crippen LogP contribution in [0.5, 0.6) is 0 Å². The van der Waals surface area contributed by atoms with Crippen LogP contribution < -0.4 is 0 Å². The first-order valence-electron chi connectivity index (χ1n) is 2.60. The molecule has 0 aliphatic rings. The third-order valence-electron chi connectivity index (χ3n) is 1.35. The summed E-state index contributed by atoms with van der Waals surface area (Å²) in [7, 11) is 0. The van der Waals surface area contributed by atoms with Crippen molar-refractivity contribution in [2.45, 2.75) is 27.7 Å². The van der Waals surface area contributed by atoms with E-state index in [9.17, 15) is 0 Å². The molecule has 0 unspecified atom stereocenters. The highest BCUT2D eigenvalue weighted by Crippen LogP contribution is 2.25. The monoisotopic (exact) mass is 98.1 g/mol. The molecule has 0 aliphatic carbocycles. The quantitative estimate of drug-likeness (QED) is 0.472. The highest BCUT2D eigenvalue weighted by atomic mass is 14.2. The molecule has 0 aromatic heterocycles. The van der Waals surface area contributed by atoms with Crippen molar-refractivity contribution >= 4 is 0 Å². The lowest BCUT2D eigenvalue weighted by Gasteiger charge is -2.21. The summed E-state index contributed by atoms with van der Waals surface area (Å²) in [6.45, 7) is 12.4. The maximum Gasteiger partial charge on any atom is -0.0247 e. The van der Waals surface area contributed by atoms with E-state index in [1.165, 1.54) is 5.92 Å². The van der Waals surface area contributed by atoms with E-state index < -0.39 is 0 Å². The highest BCUT2D eigenvalue weighted by Gasteiger charge is 2.14. The molecule has 42 valence electrons. The van der Waals surface area contributed by atoms with Gasteiger partial charge in [0.15, 0.2) is 0 Å². The van der Waals surface area contributed by atoms with Crippen LogP contribution in [0, 0.1) is 18.3 Å². The van der Waals surface area contributed by atoms with Gasteiger partial charge in [0.25, 0.3) is 0 Å². The minimum Gasteiger partial charge on any atom is -0.0594 e. The molecule has 7 heavy (non-hydrogen) atoms. The predicted molar refractivity (Wildman–Crippen MR) is 33.7 cm³/mol. The van der Waals surface area contributed by atoms with Crippen LogP contribution in [0.1, 0.15) is 27.7 Å². The van der Waals surface area contributed by atoms with Crippen molar-refractivity contribution in [2.24, 2.45) is 5.41 Å². The maximum absolute atomic E-state index is 3.93. The van der Waals surface area contributed by atoms with Crippen molar-refractivity contribution in [1.29, 1.82) is 0 Å². The topological polar surface area (TPSA) is 0 Å². The molecule has 0 heteroatoms. The summed E-state index contributed by atoms with van der Waals surface area (Å²) in [6.07, 6.45) is 0. The summed E-state index contributed by atoms with van der Waals surface area (Å²) in [6, 6.07) is 0. The van der Waals surface area contributed by atoms with Crippen molar-refractivity contribution in [3.05, 3.63) is 12.8 Å². The lowest BCUT2D eigenvalue weighted by Crippen LogP contribution is -2.11. The molecule has 0 saturated carbocycles. The summed E-state index contributed by atoms with van der Waals surface area (Å²) >= 11 is 0. The maximum atomic E-state index is 3.93. The Balaban J connectivity index is 3.54. The average Bonchev–Trinajstić information content (AvgIpc) is 1.31. The summed E-state index contributed by atoms with van der Waals surface area (Å²) < 4.78 is 0. The number of hydrogen-bond acceptors (Lipinski definition) is 0. The molecule has 0 amide bonds. The average molecular weight is 98.2 g/mol. The third-order valence-corrected chi connectivity index (χ3v) is 1.35. The summed E-state index contributed by atoms with van der Waals surface area (Å²) in [5.41, 5.74) is 0.167. The first kappa shape index (κ1) is 7.00. The predicted octanol–water partition coefficient (Wildman–Crippen LogP) is 2.46. The van der Waals surface area contributed by atoms with Gasteiger partial charge < -0.3 is 0 Å². The van der Waals surface area contributed by atoms with Gasteiger partial charge in [-0.25, -0.2) is 0 Å². The van der Waals surface area contributed by atoms with Gasteiger partial charge in [-0.1, -0.05) is 27.7 Å². The molecule has 0 fully saturated rings. The van der Waals surface area contributed by atoms with Gasteiger partial charge in [0.05, 0.1) is 0 Å². The Morgan fingerprint density at radius 3 is 1.43 bits per heavy atom. The second-order valence-electron chi connectivity index (χ2n) is 2.88. The van der Waals surface area contributed by atoms with Gasteiger partial charge in [0.1, 0.15) is 0 Å². The molecular weight excluding hydrogens is 84.1 g/mol. The largest absolute Gasteiger partial charge is 0.0594 e. The zero-order valence-electron chi connectivity index (χ0n) is 5.71.